The minimum absolute atomic E-state index is 0.174. The van der Waals surface area contributed by atoms with Gasteiger partial charge in [0.1, 0.15) is 5.52 Å². The first kappa shape index (κ1) is 8.61. The van der Waals surface area contributed by atoms with Crippen LogP contribution in [0.15, 0.2) is 24.3 Å². The average molecular weight is 219 g/mol. The van der Waals surface area contributed by atoms with Gasteiger partial charge >= 0.3 is 0 Å². The molecule has 0 radical (unpaired) electrons. The fourth-order valence-corrected chi connectivity index (χ4v) is 1.91. The number of para-hydroxylation sites is 1. The summed E-state index contributed by atoms with van der Waals surface area (Å²) >= 11 is 5.72. The number of hydrogen-bond donors (Lipinski definition) is 0. The Morgan fingerprint density at radius 2 is 2.00 bits per heavy atom. The summed E-state index contributed by atoms with van der Waals surface area (Å²) in [5.74, 6) is 0. The van der Waals surface area contributed by atoms with E-state index in [0.717, 1.165) is 22.1 Å². The fraction of sp³-hybridized carbons (Fsp3) is 0.100. The van der Waals surface area contributed by atoms with Crippen LogP contribution in [0.2, 0.25) is 5.28 Å². The van der Waals surface area contributed by atoms with E-state index in [1.807, 2.05) is 35.9 Å². The van der Waals surface area contributed by atoms with Crippen LogP contribution in [-0.4, -0.2) is 19.7 Å². The monoisotopic (exact) mass is 218 g/mol. The maximum absolute atomic E-state index is 5.72. The van der Waals surface area contributed by atoms with E-state index in [1.165, 1.54) is 0 Å². The van der Waals surface area contributed by atoms with Gasteiger partial charge in [0.15, 0.2) is 5.65 Å². The molecular weight excluding hydrogens is 212 g/mol. The van der Waals surface area contributed by atoms with E-state index in [2.05, 4.69) is 15.2 Å². The lowest BCUT2D eigenvalue weighted by molar-refractivity contribution is 0.952. The maximum Gasteiger partial charge on any atom is 0.244 e. The van der Waals surface area contributed by atoms with Gasteiger partial charge in [-0.1, -0.05) is 18.2 Å². The number of hydrogen-bond acceptors (Lipinski definition) is 3. The van der Waals surface area contributed by atoms with Gasteiger partial charge < -0.3 is 4.57 Å². The second kappa shape index (κ2) is 2.90. The molecule has 0 unspecified atom stereocenters. The van der Waals surface area contributed by atoms with Gasteiger partial charge in [-0.2, -0.15) is 4.98 Å². The lowest BCUT2D eigenvalue weighted by Gasteiger charge is -1.94. The van der Waals surface area contributed by atoms with E-state index in [-0.39, 0.29) is 5.28 Å². The second-order valence-corrected chi connectivity index (χ2v) is 3.67. The van der Waals surface area contributed by atoms with E-state index < -0.39 is 0 Å². The quantitative estimate of drug-likeness (QED) is 0.581. The predicted octanol–water partition coefficient (Wildman–Crippen LogP) is 2.17. The number of aryl methyl sites for hydroxylation is 1. The molecule has 0 N–H and O–H groups in total. The first-order chi connectivity index (χ1) is 7.27. The van der Waals surface area contributed by atoms with Crippen LogP contribution in [0.1, 0.15) is 0 Å². The van der Waals surface area contributed by atoms with Crippen molar-refractivity contribution < 1.29 is 0 Å². The summed E-state index contributed by atoms with van der Waals surface area (Å²) in [4.78, 5) is 4.17. The van der Waals surface area contributed by atoms with Crippen molar-refractivity contribution in [3.8, 4) is 0 Å². The van der Waals surface area contributed by atoms with Crippen molar-refractivity contribution in [2.24, 2.45) is 7.05 Å². The molecule has 0 fully saturated rings. The first-order valence-corrected chi connectivity index (χ1v) is 4.88. The number of benzene rings is 1. The summed E-state index contributed by atoms with van der Waals surface area (Å²) in [5, 5.41) is 9.05. The molecule has 5 heteroatoms. The number of fused-ring (bicyclic) bond motifs is 3. The van der Waals surface area contributed by atoms with Crippen molar-refractivity contribution in [2.45, 2.75) is 0 Å². The van der Waals surface area contributed by atoms with Crippen LogP contribution in [0.25, 0.3) is 22.1 Å². The van der Waals surface area contributed by atoms with Crippen molar-refractivity contribution in [1.29, 1.82) is 0 Å². The van der Waals surface area contributed by atoms with Crippen molar-refractivity contribution in [1.82, 2.24) is 19.7 Å². The Hall–Kier alpha value is -1.68. The van der Waals surface area contributed by atoms with Crippen molar-refractivity contribution in [3.05, 3.63) is 29.5 Å². The zero-order valence-corrected chi connectivity index (χ0v) is 8.73. The molecule has 0 atom stereocenters. The molecule has 0 bridgehead atoms. The first-order valence-electron chi connectivity index (χ1n) is 4.51. The van der Waals surface area contributed by atoms with Crippen molar-refractivity contribution in [2.75, 3.05) is 0 Å². The molecule has 74 valence electrons. The highest BCUT2D eigenvalue weighted by molar-refractivity contribution is 6.28. The minimum Gasteiger partial charge on any atom is -0.327 e. The van der Waals surface area contributed by atoms with Crippen LogP contribution in [0.3, 0.4) is 0 Å². The smallest absolute Gasteiger partial charge is 0.244 e. The number of nitrogens with zero attached hydrogens (tertiary/aromatic N) is 4. The highest BCUT2D eigenvalue weighted by Crippen LogP contribution is 2.24. The average Bonchev–Trinajstić information content (AvgIpc) is 2.54. The molecule has 3 aromatic rings. The molecule has 3 rings (SSSR count). The van der Waals surface area contributed by atoms with Crippen LogP contribution in [-0.2, 0) is 7.05 Å². The molecule has 15 heavy (non-hydrogen) atoms. The molecule has 4 nitrogen and oxygen atoms in total. The van der Waals surface area contributed by atoms with Crippen LogP contribution in [0.5, 0.6) is 0 Å². The molecule has 0 spiro atoms. The summed E-state index contributed by atoms with van der Waals surface area (Å²) < 4.78 is 1.96. The molecule has 0 aliphatic rings. The van der Waals surface area contributed by atoms with Gasteiger partial charge in [-0.25, -0.2) is 0 Å². The van der Waals surface area contributed by atoms with E-state index >= 15 is 0 Å². The third-order valence-electron chi connectivity index (χ3n) is 2.48. The lowest BCUT2D eigenvalue weighted by atomic mass is 10.2. The van der Waals surface area contributed by atoms with Gasteiger partial charge in [0.05, 0.1) is 5.52 Å². The Balaban J connectivity index is 2.63. The number of rotatable bonds is 0. The van der Waals surface area contributed by atoms with Gasteiger partial charge in [0.25, 0.3) is 0 Å². The lowest BCUT2D eigenvalue weighted by Crippen LogP contribution is -1.92. The third kappa shape index (κ3) is 1.11. The van der Waals surface area contributed by atoms with Crippen LogP contribution < -0.4 is 0 Å². The molecule has 0 saturated heterocycles. The third-order valence-corrected chi connectivity index (χ3v) is 2.64. The minimum atomic E-state index is 0.174. The zero-order valence-electron chi connectivity index (χ0n) is 7.98. The largest absolute Gasteiger partial charge is 0.327 e. The van der Waals surface area contributed by atoms with E-state index in [0.29, 0.717) is 0 Å². The van der Waals surface area contributed by atoms with Gasteiger partial charge in [-0.05, 0) is 17.7 Å². The van der Waals surface area contributed by atoms with Crippen molar-refractivity contribution >= 4 is 33.7 Å². The normalized spacial score (nSPS) is 11.3. The standard InChI is InChI=1S/C10H7ClN4/c1-15-7-5-3-2-4-6(7)8-9(15)12-10(11)14-13-8/h2-5H,1H3. The Kier molecular flexibility index (Phi) is 1.67. The molecule has 2 aromatic heterocycles. The molecule has 0 amide bonds. The Morgan fingerprint density at radius 1 is 1.20 bits per heavy atom. The van der Waals surface area contributed by atoms with Gasteiger partial charge in [-0.15, -0.1) is 10.2 Å². The SMILES string of the molecule is Cn1c2ccccc2c2nnc(Cl)nc21. The van der Waals surface area contributed by atoms with Crippen LogP contribution in [0.4, 0.5) is 0 Å². The van der Waals surface area contributed by atoms with Gasteiger partial charge in [-0.3, -0.25) is 0 Å². The molecule has 0 aliphatic heterocycles. The summed E-state index contributed by atoms with van der Waals surface area (Å²) in [6.45, 7) is 0. The summed E-state index contributed by atoms with van der Waals surface area (Å²) in [5.41, 5.74) is 2.63. The Bertz CT molecular complexity index is 659. The Morgan fingerprint density at radius 3 is 2.87 bits per heavy atom. The molecular formula is C10H7ClN4. The summed E-state index contributed by atoms with van der Waals surface area (Å²) in [7, 11) is 1.94. The maximum atomic E-state index is 5.72. The zero-order chi connectivity index (χ0) is 10.4. The molecule has 1 aromatic carbocycles. The van der Waals surface area contributed by atoms with Gasteiger partial charge in [0, 0.05) is 12.4 Å². The van der Waals surface area contributed by atoms with Gasteiger partial charge in [0.2, 0.25) is 5.28 Å². The summed E-state index contributed by atoms with van der Waals surface area (Å²) in [6.07, 6.45) is 0. The van der Waals surface area contributed by atoms with Crippen molar-refractivity contribution in [3.63, 3.8) is 0 Å². The molecule has 0 aliphatic carbocycles. The number of halogens is 1. The molecule has 2 heterocycles. The fourth-order valence-electron chi connectivity index (χ4n) is 1.79. The highest BCUT2D eigenvalue weighted by atomic mass is 35.5. The summed E-state index contributed by atoms with van der Waals surface area (Å²) in [6, 6.07) is 7.98. The number of aromatic nitrogens is 4. The predicted molar refractivity (Wildman–Crippen MR) is 58.8 cm³/mol. The van der Waals surface area contributed by atoms with E-state index in [1.54, 1.807) is 0 Å². The Labute approximate surface area is 90.5 Å². The second-order valence-electron chi connectivity index (χ2n) is 3.33. The molecule has 0 saturated carbocycles. The topological polar surface area (TPSA) is 43.6 Å². The van der Waals surface area contributed by atoms with Crippen LogP contribution in [0, 0.1) is 0 Å². The van der Waals surface area contributed by atoms with E-state index in [4.69, 9.17) is 11.6 Å². The van der Waals surface area contributed by atoms with Crippen LogP contribution >= 0.6 is 11.6 Å². The van der Waals surface area contributed by atoms with E-state index in [9.17, 15) is 0 Å². The highest BCUT2D eigenvalue weighted by Gasteiger charge is 2.10.